The summed E-state index contributed by atoms with van der Waals surface area (Å²) in [5.74, 6) is 0.582. The van der Waals surface area contributed by atoms with Crippen molar-refractivity contribution in [3.8, 4) is 5.75 Å². The molecule has 8 heteroatoms. The van der Waals surface area contributed by atoms with Gasteiger partial charge in [0.2, 0.25) is 15.9 Å². The molecule has 6 rings (SSSR count). The van der Waals surface area contributed by atoms with E-state index in [0.717, 1.165) is 40.6 Å². The third-order valence-electron chi connectivity index (χ3n) is 8.05. The van der Waals surface area contributed by atoms with Gasteiger partial charge in [0.1, 0.15) is 5.75 Å². The molecule has 4 aromatic carbocycles. The molecule has 212 valence electrons. The molecule has 0 aliphatic carbocycles. The largest absolute Gasteiger partial charge is 0.493 e. The van der Waals surface area contributed by atoms with Crippen molar-refractivity contribution >= 4 is 26.7 Å². The van der Waals surface area contributed by atoms with Gasteiger partial charge in [0.05, 0.1) is 23.6 Å². The van der Waals surface area contributed by atoms with Gasteiger partial charge in [-0.25, -0.2) is 13.1 Å². The molecule has 41 heavy (non-hydrogen) atoms. The van der Waals surface area contributed by atoms with Crippen LogP contribution in [0.5, 0.6) is 5.75 Å². The first-order valence-electron chi connectivity index (χ1n) is 14.3. The zero-order chi connectivity index (χ0) is 28.2. The number of carbonyl (C=O) groups excluding carboxylic acids is 1. The van der Waals surface area contributed by atoms with Gasteiger partial charge in [-0.2, -0.15) is 0 Å². The number of rotatable bonds is 8. The zero-order valence-corrected chi connectivity index (χ0v) is 23.7. The Hall–Kier alpha value is -3.72. The van der Waals surface area contributed by atoms with Crippen LogP contribution in [0.1, 0.15) is 66.9 Å². The summed E-state index contributed by atoms with van der Waals surface area (Å²) in [5, 5.41) is 8.54. The fourth-order valence-corrected chi connectivity index (χ4v) is 7.11. The number of hydrogen-bond donors (Lipinski definition) is 3. The lowest BCUT2D eigenvalue weighted by Crippen LogP contribution is -2.36. The van der Waals surface area contributed by atoms with E-state index in [0.29, 0.717) is 19.1 Å². The Labute approximate surface area is 241 Å². The van der Waals surface area contributed by atoms with Crippen LogP contribution >= 0.6 is 0 Å². The first kappa shape index (κ1) is 27.4. The van der Waals surface area contributed by atoms with Crippen molar-refractivity contribution in [3.05, 3.63) is 108 Å². The molecule has 0 spiro atoms. The molecular formula is C33H35N3O4S. The Morgan fingerprint density at radius 1 is 0.902 bits per heavy atom. The van der Waals surface area contributed by atoms with Crippen molar-refractivity contribution < 1.29 is 17.9 Å². The van der Waals surface area contributed by atoms with E-state index >= 15 is 0 Å². The lowest BCUT2D eigenvalue weighted by Gasteiger charge is -2.30. The molecule has 2 aliphatic heterocycles. The van der Waals surface area contributed by atoms with E-state index in [1.165, 1.54) is 18.4 Å². The molecule has 2 heterocycles. The van der Waals surface area contributed by atoms with Gasteiger partial charge in [-0.05, 0) is 59.5 Å². The highest BCUT2D eigenvalue weighted by Gasteiger charge is 2.28. The van der Waals surface area contributed by atoms with Gasteiger partial charge in [-0.15, -0.1) is 0 Å². The quantitative estimate of drug-likeness (QED) is 0.253. The minimum atomic E-state index is -3.90. The Balaban J connectivity index is 1.19. The molecule has 0 radical (unpaired) electrons. The zero-order valence-electron chi connectivity index (χ0n) is 22.9. The van der Waals surface area contributed by atoms with Crippen LogP contribution in [0.15, 0.2) is 95.9 Å². The minimum absolute atomic E-state index is 0.0341. The number of nitrogens with one attached hydrogen (secondary N) is 3. The summed E-state index contributed by atoms with van der Waals surface area (Å²) >= 11 is 0. The molecule has 1 saturated heterocycles. The van der Waals surface area contributed by atoms with Crippen LogP contribution in [0.2, 0.25) is 0 Å². The number of amides is 1. The number of carbonyl (C=O) groups is 1. The first-order valence-corrected chi connectivity index (χ1v) is 15.8. The van der Waals surface area contributed by atoms with Gasteiger partial charge in [0.25, 0.3) is 0 Å². The van der Waals surface area contributed by atoms with Gasteiger partial charge >= 0.3 is 0 Å². The maximum absolute atomic E-state index is 13.5. The summed E-state index contributed by atoms with van der Waals surface area (Å²) < 4.78 is 35.8. The summed E-state index contributed by atoms with van der Waals surface area (Å²) in [6.45, 7) is 1.53. The lowest BCUT2D eigenvalue weighted by molar-refractivity contribution is -0.122. The molecule has 3 atom stereocenters. The summed E-state index contributed by atoms with van der Waals surface area (Å²) in [6, 6.07) is 27.6. The fraction of sp³-hybridized carbons (Fsp3) is 0.303. The molecule has 3 N–H and O–H groups in total. The Morgan fingerprint density at radius 3 is 2.51 bits per heavy atom. The van der Waals surface area contributed by atoms with Crippen molar-refractivity contribution in [1.82, 2.24) is 15.4 Å². The van der Waals surface area contributed by atoms with Crippen molar-refractivity contribution in [1.29, 1.82) is 0 Å². The van der Waals surface area contributed by atoms with Gasteiger partial charge in [0, 0.05) is 24.4 Å². The van der Waals surface area contributed by atoms with E-state index < -0.39 is 16.1 Å². The Bertz CT molecular complexity index is 1640. The molecule has 2 aliphatic rings. The second-order valence-electron chi connectivity index (χ2n) is 10.9. The van der Waals surface area contributed by atoms with Crippen LogP contribution in [-0.4, -0.2) is 27.5 Å². The molecule has 7 nitrogen and oxygen atoms in total. The van der Waals surface area contributed by atoms with E-state index in [-0.39, 0.29) is 23.3 Å². The highest BCUT2D eigenvalue weighted by Crippen LogP contribution is 2.36. The average Bonchev–Trinajstić information content (AvgIpc) is 3.01. The van der Waals surface area contributed by atoms with Crippen molar-refractivity contribution in [2.45, 2.75) is 55.1 Å². The van der Waals surface area contributed by atoms with E-state index in [2.05, 4.69) is 33.6 Å². The number of benzene rings is 4. The molecule has 0 saturated carbocycles. The van der Waals surface area contributed by atoms with Gasteiger partial charge in [-0.1, -0.05) is 79.2 Å². The molecule has 3 unspecified atom stereocenters. The lowest BCUT2D eigenvalue weighted by atomic mass is 9.93. The van der Waals surface area contributed by atoms with Gasteiger partial charge in [-0.3, -0.25) is 4.79 Å². The summed E-state index contributed by atoms with van der Waals surface area (Å²) in [4.78, 5) is 13.6. The molecular weight excluding hydrogens is 534 g/mol. The third-order valence-corrected chi connectivity index (χ3v) is 9.51. The van der Waals surface area contributed by atoms with Crippen LogP contribution in [0.4, 0.5) is 0 Å². The SMILES string of the molecule is O=C(CC(NS(=O)(=O)c1ccc2ccccc2c1)c1ccccc1)NC1CCOc2cc(C3CCCCN3)ccc21. The second-order valence-corrected chi connectivity index (χ2v) is 12.6. The van der Waals surface area contributed by atoms with Crippen LogP contribution in [0.25, 0.3) is 10.8 Å². The van der Waals surface area contributed by atoms with E-state index in [4.69, 9.17) is 4.74 Å². The minimum Gasteiger partial charge on any atom is -0.493 e. The predicted octanol–water partition coefficient (Wildman–Crippen LogP) is 5.70. The number of hydrogen-bond acceptors (Lipinski definition) is 5. The van der Waals surface area contributed by atoms with E-state index in [1.54, 1.807) is 18.2 Å². The Kier molecular flexibility index (Phi) is 8.05. The predicted molar refractivity (Wildman–Crippen MR) is 160 cm³/mol. The number of piperidine rings is 1. The van der Waals surface area contributed by atoms with Crippen molar-refractivity contribution in [2.24, 2.45) is 0 Å². The number of ether oxygens (including phenoxy) is 1. The maximum Gasteiger partial charge on any atom is 0.241 e. The highest BCUT2D eigenvalue weighted by atomic mass is 32.2. The van der Waals surface area contributed by atoms with Crippen LogP contribution in [0, 0.1) is 0 Å². The van der Waals surface area contributed by atoms with Gasteiger partial charge < -0.3 is 15.4 Å². The standard InChI is InChI=1S/C33H35N3O4S/c37-33(35-30-17-19-40-32-21-26(14-16-28(30)32)29-12-6-7-18-34-29)22-31(24-9-2-1-3-10-24)36-41(38,39)27-15-13-23-8-4-5-11-25(23)20-27/h1-5,8-11,13-16,20-21,29-31,34,36H,6-7,12,17-19,22H2,(H,35,37). The van der Waals surface area contributed by atoms with Gasteiger partial charge in [0.15, 0.2) is 0 Å². The second kappa shape index (κ2) is 12.0. The van der Waals surface area contributed by atoms with Crippen LogP contribution in [-0.2, 0) is 14.8 Å². The normalized spacial score (nSPS) is 19.6. The summed E-state index contributed by atoms with van der Waals surface area (Å²) in [7, 11) is -3.90. The third kappa shape index (κ3) is 6.30. The molecule has 0 bridgehead atoms. The fourth-order valence-electron chi connectivity index (χ4n) is 5.85. The van der Waals surface area contributed by atoms with Crippen LogP contribution < -0.4 is 20.1 Å². The molecule has 0 aromatic heterocycles. The highest BCUT2D eigenvalue weighted by molar-refractivity contribution is 7.89. The smallest absolute Gasteiger partial charge is 0.241 e. The van der Waals surface area contributed by atoms with E-state index in [1.807, 2.05) is 54.6 Å². The summed E-state index contributed by atoms with van der Waals surface area (Å²) in [5.41, 5.74) is 2.89. The van der Waals surface area contributed by atoms with Crippen molar-refractivity contribution in [3.63, 3.8) is 0 Å². The summed E-state index contributed by atoms with van der Waals surface area (Å²) in [6.07, 6.45) is 4.14. The maximum atomic E-state index is 13.5. The van der Waals surface area contributed by atoms with Crippen molar-refractivity contribution in [2.75, 3.05) is 13.2 Å². The van der Waals surface area contributed by atoms with Crippen LogP contribution in [0.3, 0.4) is 0 Å². The number of sulfonamides is 1. The first-order chi connectivity index (χ1) is 20.0. The average molecular weight is 570 g/mol. The number of fused-ring (bicyclic) bond motifs is 2. The molecule has 4 aromatic rings. The topological polar surface area (TPSA) is 96.5 Å². The molecule has 1 amide bonds. The van der Waals surface area contributed by atoms with E-state index in [9.17, 15) is 13.2 Å². The molecule has 1 fully saturated rings. The monoisotopic (exact) mass is 569 g/mol. The Morgan fingerprint density at radius 2 is 1.71 bits per heavy atom.